The topological polar surface area (TPSA) is 305 Å². The van der Waals surface area contributed by atoms with Gasteiger partial charge < -0.3 is 54.3 Å². The Kier molecular flexibility index (Phi) is 7.90. The number of H-pyrrole nitrogens is 1. The zero-order valence-corrected chi connectivity index (χ0v) is 23.5. The van der Waals surface area contributed by atoms with Gasteiger partial charge in [-0.25, -0.2) is 24.5 Å². The lowest BCUT2D eigenvalue weighted by atomic mass is 10.1. The van der Waals surface area contributed by atoms with Crippen LogP contribution in [0, 0.1) is 0 Å². The number of rotatable bonds is 9. The molecule has 10 atom stereocenters. The Hall–Kier alpha value is -3.20. The lowest BCUT2D eigenvalue weighted by Gasteiger charge is -2.26. The highest BCUT2D eigenvalue weighted by Gasteiger charge is 2.56. The average molecular weight is 645 g/mol. The Balaban J connectivity index is 1.25. The molecule has 4 aromatic heterocycles. The van der Waals surface area contributed by atoms with Crippen molar-refractivity contribution in [1.82, 2.24) is 39.1 Å². The number of anilines is 1. The molecule has 2 fully saturated rings. The molecular formula is C20H25N9O12P2. The monoisotopic (exact) mass is 645 g/mol. The van der Waals surface area contributed by atoms with Gasteiger partial charge in [0.1, 0.15) is 54.4 Å². The Morgan fingerprint density at radius 2 is 1.84 bits per heavy atom. The van der Waals surface area contributed by atoms with Crippen molar-refractivity contribution in [2.24, 2.45) is 0 Å². The van der Waals surface area contributed by atoms with Crippen LogP contribution in [0.1, 0.15) is 18.0 Å². The second kappa shape index (κ2) is 11.4. The Labute approximate surface area is 239 Å². The predicted molar refractivity (Wildman–Crippen MR) is 140 cm³/mol. The van der Waals surface area contributed by atoms with Crippen LogP contribution in [0.4, 0.5) is 5.82 Å². The number of aromatic amines is 1. The molecule has 0 aliphatic carbocycles. The number of aliphatic hydroxyl groups excluding tert-OH is 3. The summed E-state index contributed by atoms with van der Waals surface area (Å²) in [6.07, 6.45) is -5.71. The molecule has 8 N–H and O–H groups in total. The number of fused-ring (bicyclic) bond motifs is 2. The second-order valence-electron chi connectivity index (χ2n) is 9.68. The number of nitrogens with one attached hydrogen (secondary N) is 1. The van der Waals surface area contributed by atoms with Gasteiger partial charge in [-0.05, 0) is 0 Å². The van der Waals surface area contributed by atoms with Gasteiger partial charge >= 0.3 is 15.9 Å². The molecular weight excluding hydrogens is 620 g/mol. The van der Waals surface area contributed by atoms with Gasteiger partial charge in [-0.1, -0.05) is 0 Å². The van der Waals surface area contributed by atoms with Gasteiger partial charge in [-0.15, -0.1) is 0 Å². The van der Waals surface area contributed by atoms with Crippen LogP contribution >= 0.6 is 15.9 Å². The fourth-order valence-electron chi connectivity index (χ4n) is 5.11. The molecule has 2 aliphatic heterocycles. The van der Waals surface area contributed by atoms with E-state index in [0.29, 0.717) is 0 Å². The van der Waals surface area contributed by atoms with Crippen molar-refractivity contribution >= 4 is 38.5 Å². The van der Waals surface area contributed by atoms with Crippen molar-refractivity contribution in [3.8, 4) is 0 Å². The molecule has 2 unspecified atom stereocenters. The maximum absolute atomic E-state index is 13.7. The highest BCUT2D eigenvalue weighted by atomic mass is 31.2. The van der Waals surface area contributed by atoms with Crippen molar-refractivity contribution < 1.29 is 52.8 Å². The van der Waals surface area contributed by atoms with Gasteiger partial charge in [-0.3, -0.25) is 18.5 Å². The number of hydrogen-bond acceptors (Lipinski definition) is 16. The molecule has 0 amide bonds. The molecule has 6 heterocycles. The summed E-state index contributed by atoms with van der Waals surface area (Å²) in [5.41, 5.74) is 3.66. The van der Waals surface area contributed by atoms with Gasteiger partial charge in [-0.2, -0.15) is 5.10 Å². The zero-order valence-electron chi connectivity index (χ0n) is 21.6. The minimum absolute atomic E-state index is 0.0111. The molecule has 21 nitrogen and oxygen atoms in total. The molecule has 0 saturated carbocycles. The predicted octanol–water partition coefficient (Wildman–Crippen LogP) is -2.77. The molecule has 232 valence electrons. The first-order valence-electron chi connectivity index (χ1n) is 12.5. The van der Waals surface area contributed by atoms with Gasteiger partial charge in [0.25, 0.3) is 5.56 Å². The average Bonchev–Trinajstić information content (AvgIpc) is 3.72. The number of imidazole rings is 2. The van der Waals surface area contributed by atoms with Crippen molar-refractivity contribution in [3.05, 3.63) is 41.2 Å². The molecule has 0 spiro atoms. The van der Waals surface area contributed by atoms with Crippen LogP contribution in [0.2, 0.25) is 0 Å². The lowest BCUT2D eigenvalue weighted by Crippen LogP contribution is -2.36. The van der Waals surface area contributed by atoms with Crippen molar-refractivity contribution in [3.63, 3.8) is 0 Å². The summed E-state index contributed by atoms with van der Waals surface area (Å²) in [6.45, 7) is -1.36. The lowest BCUT2D eigenvalue weighted by molar-refractivity contribution is -0.0490. The van der Waals surface area contributed by atoms with E-state index in [1.807, 2.05) is 0 Å². The van der Waals surface area contributed by atoms with E-state index in [2.05, 4.69) is 34.5 Å². The van der Waals surface area contributed by atoms with Crippen LogP contribution in [0.15, 0.2) is 30.0 Å². The summed E-state index contributed by atoms with van der Waals surface area (Å²) in [6, 6.07) is 0. The van der Waals surface area contributed by atoms with E-state index in [0.717, 1.165) is 17.0 Å². The fraction of sp³-hybridized carbons (Fsp3) is 0.500. The number of aliphatic hydroxyl groups is 3. The maximum Gasteiger partial charge on any atom is 0.337 e. The largest absolute Gasteiger partial charge is 0.389 e. The minimum Gasteiger partial charge on any atom is -0.389 e. The Morgan fingerprint density at radius 3 is 2.60 bits per heavy atom. The smallest absolute Gasteiger partial charge is 0.337 e. The number of aromatic nitrogens is 8. The number of nitrogens with two attached hydrogens (primary N) is 1. The van der Waals surface area contributed by atoms with Crippen LogP contribution in [-0.4, -0.2) is 114 Å². The molecule has 23 heteroatoms. The SMILES string of the molecule is Nc1ncnc2c1ncn2[C@@H]1O[C@H](COP(=O)(O)[C@@H]2[C@H](O)[C@@H](CO[PH](=O)O)O[C@H]2c2cnc3c(=O)[nH]cnn23)[C@@H](O)[C@H]1O. The van der Waals surface area contributed by atoms with Gasteiger partial charge in [0.15, 0.2) is 17.7 Å². The highest BCUT2D eigenvalue weighted by molar-refractivity contribution is 7.53. The molecule has 43 heavy (non-hydrogen) atoms. The first-order valence-corrected chi connectivity index (χ1v) is 15.4. The van der Waals surface area contributed by atoms with Crippen LogP contribution in [0.25, 0.3) is 16.8 Å². The minimum atomic E-state index is -4.94. The van der Waals surface area contributed by atoms with Crippen LogP contribution in [0.5, 0.6) is 0 Å². The third-order valence-electron chi connectivity index (χ3n) is 7.16. The van der Waals surface area contributed by atoms with Crippen molar-refractivity contribution in [2.45, 2.75) is 48.5 Å². The van der Waals surface area contributed by atoms with E-state index in [4.69, 9.17) is 24.6 Å². The summed E-state index contributed by atoms with van der Waals surface area (Å²) in [4.78, 5) is 50.6. The second-order valence-corrected chi connectivity index (χ2v) is 12.5. The maximum atomic E-state index is 13.7. The van der Waals surface area contributed by atoms with E-state index in [1.165, 1.54) is 17.2 Å². The normalized spacial score (nSPS) is 31.6. The summed E-state index contributed by atoms with van der Waals surface area (Å²) in [5, 5.41) is 36.3. The van der Waals surface area contributed by atoms with Gasteiger partial charge in [0.2, 0.25) is 5.65 Å². The quantitative estimate of drug-likeness (QED) is 0.0906. The number of ether oxygens (including phenoxy) is 2. The van der Waals surface area contributed by atoms with Gasteiger partial charge in [0.05, 0.1) is 37.5 Å². The van der Waals surface area contributed by atoms with Crippen molar-refractivity contribution in [1.29, 1.82) is 0 Å². The summed E-state index contributed by atoms with van der Waals surface area (Å²) in [7, 11) is -8.39. The highest BCUT2D eigenvalue weighted by Crippen LogP contribution is 2.58. The summed E-state index contributed by atoms with van der Waals surface area (Å²) in [5.74, 6) is 0.0748. The zero-order chi connectivity index (χ0) is 30.6. The standard InChI is InChI=1S/C20H25N9O12P2/c21-16-10-17(24-4-23-16)28(6-26-10)20-13(32)11(30)9(41-20)3-39-43(36,37)15-12(31)8(2-38-42(34)35)40-14(15)7-1-22-18-19(33)25-5-27-29(7)18/h1,4-6,8-9,11-15,20,30-32,42H,2-3H2,(H,34,35)(H,36,37)(H2,21,23,24)(H,25,27,33)/t8-,9-,11-,12-,13-,14+,15-,20-/m1/s1. The summed E-state index contributed by atoms with van der Waals surface area (Å²) >= 11 is 0. The van der Waals surface area contributed by atoms with Crippen LogP contribution < -0.4 is 11.3 Å². The van der Waals surface area contributed by atoms with E-state index >= 15 is 0 Å². The van der Waals surface area contributed by atoms with Crippen LogP contribution in [-0.2, 0) is 27.7 Å². The van der Waals surface area contributed by atoms with E-state index < -0.39 is 83.1 Å². The first-order chi connectivity index (χ1) is 20.5. The van der Waals surface area contributed by atoms with Crippen LogP contribution in [0.3, 0.4) is 0 Å². The third kappa shape index (κ3) is 5.28. The molecule has 4 aromatic rings. The van der Waals surface area contributed by atoms with E-state index in [9.17, 15) is 34.1 Å². The number of nitrogen functional groups attached to an aromatic ring is 1. The number of nitrogens with zero attached hydrogens (tertiary/aromatic N) is 7. The Morgan fingerprint density at radius 1 is 1.07 bits per heavy atom. The third-order valence-corrected chi connectivity index (χ3v) is 9.42. The van der Waals surface area contributed by atoms with Crippen molar-refractivity contribution in [2.75, 3.05) is 18.9 Å². The first kappa shape index (κ1) is 29.9. The van der Waals surface area contributed by atoms with E-state index in [1.54, 1.807) is 0 Å². The fourth-order valence-corrected chi connectivity index (χ4v) is 7.09. The molecule has 2 aliphatic rings. The molecule has 6 rings (SSSR count). The molecule has 0 aromatic carbocycles. The molecule has 0 bridgehead atoms. The van der Waals surface area contributed by atoms with Gasteiger partial charge in [0, 0.05) is 0 Å². The molecule has 0 radical (unpaired) electrons. The Bertz CT molecular complexity index is 1780. The van der Waals surface area contributed by atoms with E-state index in [-0.39, 0.29) is 28.3 Å². The summed E-state index contributed by atoms with van der Waals surface area (Å²) < 4.78 is 48.7. The molecule has 2 saturated heterocycles. The number of hydrogen-bond donors (Lipinski definition) is 7.